The van der Waals surface area contributed by atoms with Gasteiger partial charge in [-0.3, -0.25) is 4.57 Å². The fourth-order valence-corrected chi connectivity index (χ4v) is 5.87. The summed E-state index contributed by atoms with van der Waals surface area (Å²) in [5.41, 5.74) is 4.14. The van der Waals surface area contributed by atoms with Crippen molar-refractivity contribution in [3.8, 4) is 11.7 Å². The topological polar surface area (TPSA) is 71.3 Å². The van der Waals surface area contributed by atoms with Crippen molar-refractivity contribution in [1.82, 2.24) is 24.4 Å². The van der Waals surface area contributed by atoms with Crippen molar-refractivity contribution in [2.45, 2.75) is 39.2 Å². The smallest absolute Gasteiger partial charge is 0.388 e. The molecule has 0 saturated carbocycles. The van der Waals surface area contributed by atoms with E-state index in [1.807, 2.05) is 13.0 Å². The molecule has 6 rings (SSSR count). The molecule has 4 aromatic rings. The third-order valence-electron chi connectivity index (χ3n) is 8.23. The first-order chi connectivity index (χ1) is 18.9. The first-order valence-electron chi connectivity index (χ1n) is 13.5. The lowest BCUT2D eigenvalue weighted by Crippen LogP contribution is -2.46. The summed E-state index contributed by atoms with van der Waals surface area (Å²) in [6, 6.07) is 15.1. The summed E-state index contributed by atoms with van der Waals surface area (Å²) < 4.78 is 31.7. The number of aryl methyl sites for hydroxylation is 1. The Morgan fingerprint density at radius 1 is 0.949 bits per heavy atom. The number of benzene rings is 1. The molecule has 1 N–H and O–H groups in total. The number of alkyl halides is 2. The molecule has 0 amide bonds. The number of piperidine rings is 2. The van der Waals surface area contributed by atoms with E-state index in [1.54, 1.807) is 22.9 Å². The molecule has 204 valence electrons. The number of hydrogen-bond donors (Lipinski definition) is 1. The van der Waals surface area contributed by atoms with Gasteiger partial charge in [0.05, 0.1) is 0 Å². The summed E-state index contributed by atoms with van der Waals surface area (Å²) in [4.78, 5) is 18.4. The first-order valence-corrected chi connectivity index (χ1v) is 13.5. The normalized spacial score (nSPS) is 17.7. The van der Waals surface area contributed by atoms with Gasteiger partial charge in [-0.25, -0.2) is 4.98 Å². The summed E-state index contributed by atoms with van der Waals surface area (Å²) in [6.07, 6.45) is 6.91. The number of pyridine rings is 1. The summed E-state index contributed by atoms with van der Waals surface area (Å²) in [7, 11) is 2.23. The molecule has 2 aliphatic heterocycles. The van der Waals surface area contributed by atoms with Crippen LogP contribution < -0.4 is 15.0 Å². The number of nitrogens with one attached hydrogen (secondary N) is 1. The highest BCUT2D eigenvalue weighted by molar-refractivity contribution is 5.80. The monoisotopic (exact) mass is 533 g/mol. The Kier molecular flexibility index (Phi) is 6.80. The van der Waals surface area contributed by atoms with Gasteiger partial charge in [0, 0.05) is 47.8 Å². The Morgan fingerprint density at radius 3 is 2.38 bits per heavy atom. The highest BCUT2D eigenvalue weighted by Gasteiger charge is 2.36. The Labute approximate surface area is 226 Å². The molecule has 1 aromatic carbocycles. The zero-order valence-corrected chi connectivity index (χ0v) is 22.3. The molecule has 5 heterocycles. The lowest BCUT2D eigenvalue weighted by Gasteiger charge is -2.46. The van der Waals surface area contributed by atoms with Gasteiger partial charge in [-0.15, -0.1) is 0 Å². The van der Waals surface area contributed by atoms with E-state index in [4.69, 9.17) is 4.98 Å². The maximum atomic E-state index is 12.7. The zero-order chi connectivity index (χ0) is 27.0. The maximum absolute atomic E-state index is 12.7. The Balaban J connectivity index is 1.16. The van der Waals surface area contributed by atoms with Crippen molar-refractivity contribution in [1.29, 1.82) is 0 Å². The fourth-order valence-electron chi connectivity index (χ4n) is 5.87. The van der Waals surface area contributed by atoms with E-state index in [2.05, 4.69) is 61.1 Å². The molecule has 1 spiro atoms. The van der Waals surface area contributed by atoms with E-state index >= 15 is 0 Å². The van der Waals surface area contributed by atoms with Gasteiger partial charge in [-0.2, -0.15) is 18.7 Å². The summed E-state index contributed by atoms with van der Waals surface area (Å²) in [6.45, 7) is 3.60. The zero-order valence-electron chi connectivity index (χ0n) is 22.3. The van der Waals surface area contributed by atoms with Crippen LogP contribution in [-0.2, 0) is 0 Å². The quantitative estimate of drug-likeness (QED) is 0.337. The van der Waals surface area contributed by atoms with Crippen LogP contribution in [0.2, 0.25) is 0 Å². The second kappa shape index (κ2) is 10.4. The number of ether oxygens (including phenoxy) is 1. The van der Waals surface area contributed by atoms with Crippen LogP contribution in [0.5, 0.6) is 5.88 Å². The van der Waals surface area contributed by atoms with E-state index in [0.717, 1.165) is 29.9 Å². The van der Waals surface area contributed by atoms with E-state index in [0.29, 0.717) is 22.8 Å². The molecular formula is C29H33F2N7O. The lowest BCUT2D eigenvalue weighted by molar-refractivity contribution is -0.0528. The number of halogens is 2. The van der Waals surface area contributed by atoms with E-state index < -0.39 is 6.61 Å². The summed E-state index contributed by atoms with van der Waals surface area (Å²) in [5, 5.41) is 4.12. The molecule has 2 aliphatic rings. The van der Waals surface area contributed by atoms with Crippen molar-refractivity contribution in [3.63, 3.8) is 0 Å². The van der Waals surface area contributed by atoms with Gasteiger partial charge in [-0.1, -0.05) is 6.07 Å². The molecule has 2 fully saturated rings. The SMILES string of the molecule is Cc1cc2cnc(Nc3ccc(N4CCC5(CCN(C)CC5)CC4)cc3)nc2n1-c1cccc(OC(F)F)n1. The molecule has 0 radical (unpaired) electrons. The fraction of sp³-hybridized carbons (Fsp3) is 0.414. The number of fused-ring (bicyclic) bond motifs is 1. The summed E-state index contributed by atoms with van der Waals surface area (Å²) in [5.74, 6) is 0.737. The standard InChI is InChI=1S/C29H33F2N7O/c1-20-18-21-19-32-28(35-26(21)38(20)24-4-3-5-25(34-24)39-27(30)31)33-22-6-8-23(9-7-22)37-16-12-29(13-17-37)10-14-36(2)15-11-29/h3-9,18-19,27H,10-17H2,1-2H3,(H,32,33,35). The molecule has 39 heavy (non-hydrogen) atoms. The van der Waals surface area contributed by atoms with Crippen molar-refractivity contribution >= 4 is 28.4 Å². The van der Waals surface area contributed by atoms with E-state index in [1.165, 1.54) is 50.5 Å². The van der Waals surface area contributed by atoms with Crippen LogP contribution in [0.25, 0.3) is 16.9 Å². The van der Waals surface area contributed by atoms with Crippen LogP contribution in [-0.4, -0.2) is 64.3 Å². The third kappa shape index (κ3) is 5.38. The van der Waals surface area contributed by atoms with E-state index in [9.17, 15) is 8.78 Å². The Hall–Kier alpha value is -3.79. The Bertz CT molecular complexity index is 1440. The molecule has 8 nitrogen and oxygen atoms in total. The number of likely N-dealkylation sites (tertiary alicyclic amines) is 1. The van der Waals surface area contributed by atoms with Gasteiger partial charge in [0.2, 0.25) is 11.8 Å². The molecule has 3 aromatic heterocycles. The molecule has 2 saturated heterocycles. The van der Waals surface area contributed by atoms with Crippen molar-refractivity contribution in [2.24, 2.45) is 5.41 Å². The van der Waals surface area contributed by atoms with Crippen molar-refractivity contribution < 1.29 is 13.5 Å². The van der Waals surface area contributed by atoms with Crippen LogP contribution >= 0.6 is 0 Å². The van der Waals surface area contributed by atoms with Crippen LogP contribution in [0.15, 0.2) is 54.7 Å². The second-order valence-corrected chi connectivity index (χ2v) is 10.8. The van der Waals surface area contributed by atoms with Crippen LogP contribution in [0.4, 0.5) is 26.1 Å². The van der Waals surface area contributed by atoms with Gasteiger partial charge < -0.3 is 19.9 Å². The third-order valence-corrected chi connectivity index (χ3v) is 8.23. The molecular weight excluding hydrogens is 500 g/mol. The molecule has 0 atom stereocenters. The lowest BCUT2D eigenvalue weighted by atomic mass is 9.71. The van der Waals surface area contributed by atoms with Gasteiger partial charge in [0.1, 0.15) is 5.82 Å². The van der Waals surface area contributed by atoms with E-state index in [-0.39, 0.29) is 5.88 Å². The van der Waals surface area contributed by atoms with Crippen LogP contribution in [0.1, 0.15) is 31.4 Å². The van der Waals surface area contributed by atoms with Crippen LogP contribution in [0, 0.1) is 12.3 Å². The molecule has 0 bridgehead atoms. The Morgan fingerprint density at radius 2 is 1.67 bits per heavy atom. The first kappa shape index (κ1) is 25.5. The van der Waals surface area contributed by atoms with Gasteiger partial charge in [0.25, 0.3) is 0 Å². The highest BCUT2D eigenvalue weighted by atomic mass is 19.3. The molecule has 10 heteroatoms. The average molecular weight is 534 g/mol. The predicted molar refractivity (Wildman–Crippen MR) is 148 cm³/mol. The highest BCUT2D eigenvalue weighted by Crippen LogP contribution is 2.42. The second-order valence-electron chi connectivity index (χ2n) is 10.8. The molecule has 0 aliphatic carbocycles. The van der Waals surface area contributed by atoms with Gasteiger partial charge in [-0.05, 0) is 94.6 Å². The number of nitrogens with zero attached hydrogens (tertiary/aromatic N) is 6. The number of hydrogen-bond acceptors (Lipinski definition) is 7. The van der Waals surface area contributed by atoms with Gasteiger partial charge in [0.15, 0.2) is 5.65 Å². The van der Waals surface area contributed by atoms with Crippen LogP contribution in [0.3, 0.4) is 0 Å². The van der Waals surface area contributed by atoms with Gasteiger partial charge >= 0.3 is 6.61 Å². The number of anilines is 3. The average Bonchev–Trinajstić information content (AvgIpc) is 3.26. The van der Waals surface area contributed by atoms with Crippen molar-refractivity contribution in [2.75, 3.05) is 43.4 Å². The molecule has 0 unspecified atom stereocenters. The predicted octanol–water partition coefficient (Wildman–Crippen LogP) is 5.78. The minimum absolute atomic E-state index is 0.147. The number of rotatable bonds is 6. The maximum Gasteiger partial charge on any atom is 0.388 e. The van der Waals surface area contributed by atoms with Crippen molar-refractivity contribution in [3.05, 3.63) is 60.4 Å². The number of aromatic nitrogens is 4. The minimum atomic E-state index is -2.94. The minimum Gasteiger partial charge on any atom is -0.417 e. The summed E-state index contributed by atoms with van der Waals surface area (Å²) >= 11 is 0. The largest absolute Gasteiger partial charge is 0.417 e.